The number of nitrogens with zero attached hydrogens (tertiary/aromatic N) is 2. The molecule has 2 atom stereocenters. The molecule has 140 valence electrons. The highest BCUT2D eigenvalue weighted by atomic mass is 32.2. The van der Waals surface area contributed by atoms with Crippen molar-refractivity contribution in [3.05, 3.63) is 24.3 Å². The molecule has 1 aromatic carbocycles. The van der Waals surface area contributed by atoms with Crippen molar-refractivity contribution in [1.29, 1.82) is 0 Å². The van der Waals surface area contributed by atoms with Gasteiger partial charge in [-0.05, 0) is 37.8 Å². The molecule has 4 rings (SSSR count). The second-order valence-corrected chi connectivity index (χ2v) is 9.76. The standard InChI is InChI=1S/C17H21N3O4S2/c1-26(22,23)20-12-6-7-13(20)9-11(8-12)18-16(21)10-25-17-19-14-4-2-3-5-15(14)24-17/h2-5,11-13H,6-10H2,1H3,(H,18,21). The molecule has 2 aromatic rings. The van der Waals surface area contributed by atoms with Crippen LogP contribution < -0.4 is 5.32 Å². The summed E-state index contributed by atoms with van der Waals surface area (Å²) in [4.78, 5) is 16.6. The predicted molar refractivity (Wildman–Crippen MR) is 99.4 cm³/mol. The highest BCUT2D eigenvalue weighted by Gasteiger charge is 2.45. The van der Waals surface area contributed by atoms with E-state index in [0.717, 1.165) is 18.4 Å². The Morgan fingerprint density at radius 3 is 2.65 bits per heavy atom. The van der Waals surface area contributed by atoms with E-state index < -0.39 is 10.0 Å². The van der Waals surface area contributed by atoms with Crippen molar-refractivity contribution in [3.8, 4) is 0 Å². The monoisotopic (exact) mass is 395 g/mol. The topological polar surface area (TPSA) is 92.5 Å². The minimum absolute atomic E-state index is 0.0127. The van der Waals surface area contributed by atoms with Gasteiger partial charge in [0, 0.05) is 18.1 Å². The summed E-state index contributed by atoms with van der Waals surface area (Å²) in [5.74, 6) is 0.156. The number of rotatable bonds is 5. The molecule has 0 spiro atoms. The summed E-state index contributed by atoms with van der Waals surface area (Å²) in [5.41, 5.74) is 1.49. The highest BCUT2D eigenvalue weighted by molar-refractivity contribution is 7.99. The number of amides is 1. The number of nitrogens with one attached hydrogen (secondary N) is 1. The van der Waals surface area contributed by atoms with Crippen molar-refractivity contribution in [2.75, 3.05) is 12.0 Å². The van der Waals surface area contributed by atoms with Gasteiger partial charge < -0.3 is 9.73 Å². The predicted octanol–water partition coefficient (Wildman–Crippen LogP) is 1.99. The van der Waals surface area contributed by atoms with E-state index in [0.29, 0.717) is 23.6 Å². The second-order valence-electron chi connectivity index (χ2n) is 6.95. The summed E-state index contributed by atoms with van der Waals surface area (Å²) in [6, 6.07) is 7.54. The van der Waals surface area contributed by atoms with Crippen molar-refractivity contribution >= 4 is 38.8 Å². The van der Waals surface area contributed by atoms with Crippen LogP contribution in [0.2, 0.25) is 0 Å². The van der Waals surface area contributed by atoms with Gasteiger partial charge in [0.05, 0.1) is 12.0 Å². The molecule has 7 nitrogen and oxygen atoms in total. The zero-order chi connectivity index (χ0) is 18.3. The van der Waals surface area contributed by atoms with Gasteiger partial charge in [-0.2, -0.15) is 4.31 Å². The SMILES string of the molecule is CS(=O)(=O)N1C2CCC1CC(NC(=O)CSc1nc3ccccc3o1)C2. The van der Waals surface area contributed by atoms with E-state index in [1.165, 1.54) is 18.0 Å². The lowest BCUT2D eigenvalue weighted by atomic mass is 10.00. The van der Waals surface area contributed by atoms with Crippen LogP contribution in [0.5, 0.6) is 0 Å². The van der Waals surface area contributed by atoms with Crippen molar-refractivity contribution in [1.82, 2.24) is 14.6 Å². The van der Waals surface area contributed by atoms with E-state index in [1.807, 2.05) is 24.3 Å². The van der Waals surface area contributed by atoms with Crippen LogP contribution in [0.4, 0.5) is 0 Å². The maximum atomic E-state index is 12.3. The number of oxazole rings is 1. The Kier molecular flexibility index (Phi) is 4.70. The normalized spacial score (nSPS) is 26.3. The summed E-state index contributed by atoms with van der Waals surface area (Å²) in [5, 5.41) is 3.52. The number of hydrogen-bond acceptors (Lipinski definition) is 6. The van der Waals surface area contributed by atoms with Gasteiger partial charge in [-0.1, -0.05) is 23.9 Å². The van der Waals surface area contributed by atoms with E-state index in [2.05, 4.69) is 10.3 Å². The van der Waals surface area contributed by atoms with Gasteiger partial charge in [0.15, 0.2) is 5.58 Å². The molecule has 2 saturated heterocycles. The zero-order valence-corrected chi connectivity index (χ0v) is 16.1. The molecular formula is C17H21N3O4S2. The van der Waals surface area contributed by atoms with Crippen LogP contribution in [0.3, 0.4) is 0 Å². The van der Waals surface area contributed by atoms with Crippen LogP contribution >= 0.6 is 11.8 Å². The molecule has 0 radical (unpaired) electrons. The first-order valence-electron chi connectivity index (χ1n) is 8.66. The van der Waals surface area contributed by atoms with Crippen molar-refractivity contribution in [2.45, 2.75) is 49.0 Å². The Balaban J connectivity index is 1.32. The molecule has 1 amide bonds. The molecule has 1 aromatic heterocycles. The Hall–Kier alpha value is -1.58. The van der Waals surface area contributed by atoms with Crippen LogP contribution in [0.15, 0.2) is 33.9 Å². The van der Waals surface area contributed by atoms with Gasteiger partial charge in [-0.15, -0.1) is 0 Å². The van der Waals surface area contributed by atoms with E-state index >= 15 is 0 Å². The molecule has 9 heteroatoms. The molecule has 1 N–H and O–H groups in total. The summed E-state index contributed by atoms with van der Waals surface area (Å²) in [6.07, 6.45) is 4.39. The lowest BCUT2D eigenvalue weighted by Gasteiger charge is -2.37. The smallest absolute Gasteiger partial charge is 0.257 e. The molecule has 2 fully saturated rings. The van der Waals surface area contributed by atoms with E-state index in [-0.39, 0.29) is 29.8 Å². The van der Waals surface area contributed by atoms with Crippen LogP contribution in [0, 0.1) is 0 Å². The van der Waals surface area contributed by atoms with Gasteiger partial charge in [-0.3, -0.25) is 4.79 Å². The summed E-state index contributed by atoms with van der Waals surface area (Å²) in [6.45, 7) is 0. The van der Waals surface area contributed by atoms with Crippen LogP contribution in [-0.2, 0) is 14.8 Å². The molecule has 0 saturated carbocycles. The first kappa shape index (κ1) is 17.8. The summed E-state index contributed by atoms with van der Waals surface area (Å²) in [7, 11) is -3.18. The first-order chi connectivity index (χ1) is 12.4. The second kappa shape index (κ2) is 6.86. The zero-order valence-electron chi connectivity index (χ0n) is 14.4. The number of para-hydroxylation sites is 2. The minimum atomic E-state index is -3.18. The Morgan fingerprint density at radius 1 is 1.31 bits per heavy atom. The van der Waals surface area contributed by atoms with Crippen molar-refractivity contribution < 1.29 is 17.6 Å². The first-order valence-corrected chi connectivity index (χ1v) is 11.5. The van der Waals surface area contributed by atoms with Crippen LogP contribution in [0.1, 0.15) is 25.7 Å². The lowest BCUT2D eigenvalue weighted by molar-refractivity contribution is -0.119. The largest absolute Gasteiger partial charge is 0.431 e. The van der Waals surface area contributed by atoms with E-state index in [4.69, 9.17) is 4.42 Å². The van der Waals surface area contributed by atoms with Crippen molar-refractivity contribution in [2.24, 2.45) is 0 Å². The minimum Gasteiger partial charge on any atom is -0.431 e. The fourth-order valence-corrected chi connectivity index (χ4v) is 6.22. The molecular weight excluding hydrogens is 374 g/mol. The Labute approximate surface area is 156 Å². The van der Waals surface area contributed by atoms with Gasteiger partial charge in [0.2, 0.25) is 15.9 Å². The third-order valence-electron chi connectivity index (χ3n) is 5.02. The maximum Gasteiger partial charge on any atom is 0.257 e. The van der Waals surface area contributed by atoms with Gasteiger partial charge in [-0.25, -0.2) is 13.4 Å². The quantitative estimate of drug-likeness (QED) is 0.779. The fraction of sp³-hybridized carbons (Fsp3) is 0.529. The Morgan fingerprint density at radius 2 is 2.00 bits per heavy atom. The van der Waals surface area contributed by atoms with Gasteiger partial charge in [0.25, 0.3) is 5.22 Å². The average Bonchev–Trinajstić information content (AvgIpc) is 3.11. The molecule has 2 aliphatic rings. The molecule has 0 aliphatic carbocycles. The van der Waals surface area contributed by atoms with Crippen molar-refractivity contribution in [3.63, 3.8) is 0 Å². The summed E-state index contributed by atoms with van der Waals surface area (Å²) >= 11 is 1.27. The number of hydrogen-bond donors (Lipinski definition) is 1. The fourth-order valence-electron chi connectivity index (χ4n) is 4.10. The number of carbonyl (C=O) groups excluding carboxylic acids is 1. The number of carbonyl (C=O) groups is 1. The van der Waals surface area contributed by atoms with Gasteiger partial charge >= 0.3 is 0 Å². The molecule has 2 bridgehead atoms. The number of benzene rings is 1. The molecule has 2 unspecified atom stereocenters. The van der Waals surface area contributed by atoms with E-state index in [1.54, 1.807) is 4.31 Å². The number of thioether (sulfide) groups is 1. The number of aromatic nitrogens is 1. The number of piperidine rings is 1. The third kappa shape index (κ3) is 3.60. The van der Waals surface area contributed by atoms with Crippen LogP contribution in [0.25, 0.3) is 11.1 Å². The molecule has 3 heterocycles. The highest BCUT2D eigenvalue weighted by Crippen LogP contribution is 2.37. The summed E-state index contributed by atoms with van der Waals surface area (Å²) < 4.78 is 31.1. The third-order valence-corrected chi connectivity index (χ3v) is 7.21. The van der Waals surface area contributed by atoms with Gasteiger partial charge in [0.1, 0.15) is 5.52 Å². The van der Waals surface area contributed by atoms with Crippen LogP contribution in [-0.4, -0.2) is 53.7 Å². The molecule has 2 aliphatic heterocycles. The molecule has 26 heavy (non-hydrogen) atoms. The Bertz CT molecular complexity index is 880. The maximum absolute atomic E-state index is 12.3. The van der Waals surface area contributed by atoms with E-state index in [9.17, 15) is 13.2 Å². The average molecular weight is 396 g/mol. The number of fused-ring (bicyclic) bond motifs is 3. The number of sulfonamides is 1. The lowest BCUT2D eigenvalue weighted by Crippen LogP contribution is -2.52.